The maximum Gasteiger partial charge on any atom is 0.393 e. The summed E-state index contributed by atoms with van der Waals surface area (Å²) < 4.78 is 38.6. The molecule has 1 fully saturated rings. The fourth-order valence-electron chi connectivity index (χ4n) is 2.66. The van der Waals surface area contributed by atoms with Gasteiger partial charge in [0.2, 0.25) is 0 Å². The maximum atomic E-state index is 12.9. The lowest BCUT2D eigenvalue weighted by atomic mass is 9.96. The van der Waals surface area contributed by atoms with Gasteiger partial charge < -0.3 is 10.2 Å². The number of anilines is 1. The fourth-order valence-corrected chi connectivity index (χ4v) is 2.85. The second kappa shape index (κ2) is 6.22. The van der Waals surface area contributed by atoms with Crippen molar-refractivity contribution in [2.75, 3.05) is 25.0 Å². The Morgan fingerprint density at radius 2 is 2.15 bits per heavy atom. The minimum Gasteiger partial charge on any atom is -0.371 e. The van der Waals surface area contributed by atoms with Crippen molar-refractivity contribution in [2.45, 2.75) is 25.6 Å². The summed E-state index contributed by atoms with van der Waals surface area (Å²) in [5.41, 5.74) is 1.78. The Balaban J connectivity index is 2.22. The predicted octanol–water partition coefficient (Wildman–Crippen LogP) is 3.84. The Hall–Kier alpha value is -0.940. The Labute approximate surface area is 121 Å². The third kappa shape index (κ3) is 3.58. The van der Waals surface area contributed by atoms with Gasteiger partial charge in [-0.05, 0) is 43.7 Å². The molecule has 1 N–H and O–H groups in total. The standard InChI is InChI=1S/C14H18ClF3N2/c1-19-8-10-7-12(15)4-5-13(10)20-6-2-3-11(9-20)14(16,17)18/h4-5,7,11,19H,2-3,6,8-9H2,1H3. The van der Waals surface area contributed by atoms with E-state index in [1.165, 1.54) is 0 Å². The molecule has 2 nitrogen and oxygen atoms in total. The van der Waals surface area contributed by atoms with Crippen molar-refractivity contribution in [3.8, 4) is 0 Å². The first kappa shape index (κ1) is 15.4. The molecule has 0 spiro atoms. The average Bonchev–Trinajstić information content (AvgIpc) is 2.38. The monoisotopic (exact) mass is 306 g/mol. The summed E-state index contributed by atoms with van der Waals surface area (Å²) in [6, 6.07) is 5.35. The van der Waals surface area contributed by atoms with Gasteiger partial charge in [0, 0.05) is 30.3 Å². The van der Waals surface area contributed by atoms with Crippen molar-refractivity contribution in [3.63, 3.8) is 0 Å². The number of rotatable bonds is 3. The van der Waals surface area contributed by atoms with E-state index in [4.69, 9.17) is 11.6 Å². The van der Waals surface area contributed by atoms with Crippen LogP contribution >= 0.6 is 11.6 Å². The third-order valence-electron chi connectivity index (χ3n) is 3.63. The number of nitrogens with one attached hydrogen (secondary N) is 1. The Kier molecular flexibility index (Phi) is 4.81. The molecule has 1 aromatic carbocycles. The van der Waals surface area contributed by atoms with Crippen molar-refractivity contribution in [1.82, 2.24) is 5.32 Å². The minimum absolute atomic E-state index is 0.0296. The topological polar surface area (TPSA) is 15.3 Å². The van der Waals surface area contributed by atoms with Gasteiger partial charge in [-0.3, -0.25) is 0 Å². The highest BCUT2D eigenvalue weighted by molar-refractivity contribution is 6.30. The molecule has 1 aliphatic rings. The lowest BCUT2D eigenvalue weighted by Crippen LogP contribution is -2.42. The van der Waals surface area contributed by atoms with Gasteiger partial charge in [-0.2, -0.15) is 13.2 Å². The molecule has 0 radical (unpaired) electrons. The first-order valence-corrected chi connectivity index (χ1v) is 7.04. The van der Waals surface area contributed by atoms with Crippen LogP contribution in [0.5, 0.6) is 0 Å². The number of benzene rings is 1. The van der Waals surface area contributed by atoms with Gasteiger partial charge in [0.25, 0.3) is 0 Å². The summed E-state index contributed by atoms with van der Waals surface area (Å²) in [6.45, 7) is 1.27. The van der Waals surface area contributed by atoms with E-state index in [0.717, 1.165) is 11.3 Å². The predicted molar refractivity (Wildman–Crippen MR) is 75.2 cm³/mol. The van der Waals surface area contributed by atoms with Crippen LogP contribution in [0.25, 0.3) is 0 Å². The molecular weight excluding hydrogens is 289 g/mol. The highest BCUT2D eigenvalue weighted by Gasteiger charge is 2.42. The number of halogens is 4. The molecule has 6 heteroatoms. The molecule has 0 bridgehead atoms. The van der Waals surface area contributed by atoms with Gasteiger partial charge in [-0.25, -0.2) is 0 Å². The molecule has 1 aliphatic heterocycles. The minimum atomic E-state index is -4.12. The molecule has 1 aromatic rings. The number of nitrogens with zero attached hydrogens (tertiary/aromatic N) is 1. The molecule has 0 aromatic heterocycles. The van der Waals surface area contributed by atoms with Gasteiger partial charge >= 0.3 is 6.18 Å². The van der Waals surface area contributed by atoms with Crippen molar-refractivity contribution >= 4 is 17.3 Å². The molecule has 112 valence electrons. The zero-order valence-corrected chi connectivity index (χ0v) is 12.1. The molecule has 1 unspecified atom stereocenters. The van der Waals surface area contributed by atoms with Crippen LogP contribution in [0.3, 0.4) is 0 Å². The second-order valence-electron chi connectivity index (χ2n) is 5.13. The highest BCUT2D eigenvalue weighted by atomic mass is 35.5. The van der Waals surface area contributed by atoms with Gasteiger partial charge in [0.1, 0.15) is 0 Å². The van der Waals surface area contributed by atoms with E-state index in [2.05, 4.69) is 5.32 Å². The second-order valence-corrected chi connectivity index (χ2v) is 5.57. The van der Waals surface area contributed by atoms with Crippen LogP contribution < -0.4 is 10.2 Å². The Morgan fingerprint density at radius 1 is 1.40 bits per heavy atom. The van der Waals surface area contributed by atoms with E-state index in [-0.39, 0.29) is 13.0 Å². The molecule has 1 atom stereocenters. The summed E-state index contributed by atoms with van der Waals surface area (Å²) in [4.78, 5) is 1.82. The SMILES string of the molecule is CNCc1cc(Cl)ccc1N1CCCC(C(F)(F)F)C1. The number of piperidine rings is 1. The van der Waals surface area contributed by atoms with E-state index >= 15 is 0 Å². The highest BCUT2D eigenvalue weighted by Crippen LogP contribution is 2.36. The summed E-state index contributed by atoms with van der Waals surface area (Å²) in [5, 5.41) is 3.62. The lowest BCUT2D eigenvalue weighted by Gasteiger charge is -2.36. The van der Waals surface area contributed by atoms with Crippen molar-refractivity contribution < 1.29 is 13.2 Å². The molecular formula is C14H18ClF3N2. The smallest absolute Gasteiger partial charge is 0.371 e. The average molecular weight is 307 g/mol. The normalized spacial score (nSPS) is 20.2. The fraction of sp³-hybridized carbons (Fsp3) is 0.571. The van der Waals surface area contributed by atoms with Crippen molar-refractivity contribution in [1.29, 1.82) is 0 Å². The van der Waals surface area contributed by atoms with Crippen LogP contribution in [0.15, 0.2) is 18.2 Å². The summed E-state index contributed by atoms with van der Waals surface area (Å²) in [6.07, 6.45) is -3.34. The quantitative estimate of drug-likeness (QED) is 0.913. The van der Waals surface area contributed by atoms with Gasteiger partial charge in [0.15, 0.2) is 0 Å². The molecule has 0 aliphatic carbocycles. The first-order valence-electron chi connectivity index (χ1n) is 6.66. The van der Waals surface area contributed by atoms with E-state index in [1.807, 2.05) is 17.0 Å². The number of hydrogen-bond donors (Lipinski definition) is 1. The largest absolute Gasteiger partial charge is 0.393 e. The van der Waals surface area contributed by atoms with Crippen LogP contribution in [0, 0.1) is 5.92 Å². The zero-order chi connectivity index (χ0) is 14.8. The van der Waals surface area contributed by atoms with Crippen LogP contribution in [0.2, 0.25) is 5.02 Å². The van der Waals surface area contributed by atoms with E-state index in [0.29, 0.717) is 24.5 Å². The van der Waals surface area contributed by atoms with E-state index in [9.17, 15) is 13.2 Å². The van der Waals surface area contributed by atoms with Crippen molar-refractivity contribution in [2.24, 2.45) is 5.92 Å². The van der Waals surface area contributed by atoms with Gasteiger partial charge in [-0.1, -0.05) is 11.6 Å². The Bertz CT molecular complexity index is 462. The molecule has 20 heavy (non-hydrogen) atoms. The lowest BCUT2D eigenvalue weighted by molar-refractivity contribution is -0.176. The first-order chi connectivity index (χ1) is 9.41. The molecule has 0 saturated carbocycles. The maximum absolute atomic E-state index is 12.9. The van der Waals surface area contributed by atoms with Gasteiger partial charge in [-0.15, -0.1) is 0 Å². The van der Waals surface area contributed by atoms with Crippen molar-refractivity contribution in [3.05, 3.63) is 28.8 Å². The van der Waals surface area contributed by atoms with E-state index in [1.54, 1.807) is 13.1 Å². The summed E-state index contributed by atoms with van der Waals surface area (Å²) >= 11 is 5.97. The molecule has 1 saturated heterocycles. The van der Waals surface area contributed by atoms with Crippen LogP contribution in [0.1, 0.15) is 18.4 Å². The third-order valence-corrected chi connectivity index (χ3v) is 3.87. The molecule has 1 heterocycles. The van der Waals surface area contributed by atoms with Crippen LogP contribution in [0.4, 0.5) is 18.9 Å². The zero-order valence-electron chi connectivity index (χ0n) is 11.3. The van der Waals surface area contributed by atoms with Crippen LogP contribution in [-0.2, 0) is 6.54 Å². The van der Waals surface area contributed by atoms with Gasteiger partial charge in [0.05, 0.1) is 5.92 Å². The summed E-state index contributed by atoms with van der Waals surface area (Å²) in [7, 11) is 1.80. The Morgan fingerprint density at radius 3 is 2.80 bits per heavy atom. The summed E-state index contributed by atoms with van der Waals surface area (Å²) in [5.74, 6) is -1.24. The molecule has 2 rings (SSSR count). The van der Waals surface area contributed by atoms with Crippen LogP contribution in [-0.4, -0.2) is 26.3 Å². The molecule has 0 amide bonds. The number of alkyl halides is 3. The number of hydrogen-bond acceptors (Lipinski definition) is 2. The van der Waals surface area contributed by atoms with E-state index < -0.39 is 12.1 Å².